The van der Waals surface area contributed by atoms with Gasteiger partial charge in [0.05, 0.1) is 7.11 Å². The molecule has 2 rings (SSSR count). The monoisotopic (exact) mass is 247 g/mol. The van der Waals surface area contributed by atoms with E-state index < -0.39 is 10.0 Å². The molecule has 4 nitrogen and oxygen atoms in total. The van der Waals surface area contributed by atoms with Crippen LogP contribution >= 0.6 is 11.3 Å². The summed E-state index contributed by atoms with van der Waals surface area (Å²) in [6.07, 6.45) is 1.90. The first kappa shape index (κ1) is 10.9. The van der Waals surface area contributed by atoms with E-state index in [1.807, 2.05) is 0 Å². The van der Waals surface area contributed by atoms with Crippen LogP contribution in [-0.2, 0) is 10.0 Å². The van der Waals surface area contributed by atoms with Gasteiger partial charge in [0, 0.05) is 13.1 Å². The molecule has 1 aromatic rings. The fourth-order valence-electron chi connectivity index (χ4n) is 1.67. The van der Waals surface area contributed by atoms with Crippen LogP contribution in [0.25, 0.3) is 0 Å². The minimum Gasteiger partial charge on any atom is -0.494 e. The molecule has 0 atom stereocenters. The molecular formula is C9H13NO3S2. The molecule has 1 saturated heterocycles. The number of hydrogen-bond acceptors (Lipinski definition) is 4. The summed E-state index contributed by atoms with van der Waals surface area (Å²) in [4.78, 5) is 0. The number of sulfonamides is 1. The summed E-state index contributed by atoms with van der Waals surface area (Å²) >= 11 is 1.21. The molecule has 0 amide bonds. The van der Waals surface area contributed by atoms with Gasteiger partial charge in [-0.15, -0.1) is 11.3 Å². The molecule has 0 spiro atoms. The quantitative estimate of drug-likeness (QED) is 0.814. The Morgan fingerprint density at radius 1 is 1.40 bits per heavy atom. The van der Waals surface area contributed by atoms with Crippen molar-refractivity contribution in [1.29, 1.82) is 0 Å². The zero-order valence-electron chi connectivity index (χ0n) is 8.47. The van der Waals surface area contributed by atoms with Crippen molar-refractivity contribution in [3.63, 3.8) is 0 Å². The molecule has 0 saturated carbocycles. The van der Waals surface area contributed by atoms with Gasteiger partial charge in [-0.2, -0.15) is 4.31 Å². The molecule has 84 valence electrons. The number of methoxy groups -OCH3 is 1. The van der Waals surface area contributed by atoms with Gasteiger partial charge in [-0.1, -0.05) is 0 Å². The number of hydrogen-bond donors (Lipinski definition) is 0. The van der Waals surface area contributed by atoms with Crippen LogP contribution in [0.2, 0.25) is 0 Å². The topological polar surface area (TPSA) is 46.6 Å². The smallest absolute Gasteiger partial charge is 0.256 e. The lowest BCUT2D eigenvalue weighted by Crippen LogP contribution is -2.27. The zero-order valence-corrected chi connectivity index (χ0v) is 10.1. The maximum absolute atomic E-state index is 12.1. The number of thiophene rings is 1. The van der Waals surface area contributed by atoms with E-state index in [0.717, 1.165) is 12.8 Å². The molecule has 0 N–H and O–H groups in total. The summed E-state index contributed by atoms with van der Waals surface area (Å²) in [5.74, 6) is 0.451. The van der Waals surface area contributed by atoms with Gasteiger partial charge in [0.2, 0.25) is 0 Å². The highest BCUT2D eigenvalue weighted by Crippen LogP contribution is 2.33. The van der Waals surface area contributed by atoms with E-state index in [1.165, 1.54) is 22.8 Å². The molecular weight excluding hydrogens is 234 g/mol. The molecule has 0 aliphatic carbocycles. The lowest BCUT2D eigenvalue weighted by Gasteiger charge is -2.14. The third-order valence-corrected chi connectivity index (χ3v) is 5.78. The van der Waals surface area contributed by atoms with Crippen molar-refractivity contribution < 1.29 is 13.2 Å². The summed E-state index contributed by atoms with van der Waals surface area (Å²) in [6, 6.07) is 1.69. The highest BCUT2D eigenvalue weighted by atomic mass is 32.2. The SMILES string of the molecule is COc1ccsc1S(=O)(=O)N1CCCC1. The molecule has 0 bridgehead atoms. The lowest BCUT2D eigenvalue weighted by atomic mass is 10.4. The van der Waals surface area contributed by atoms with Crippen molar-refractivity contribution in [2.24, 2.45) is 0 Å². The normalized spacial score (nSPS) is 18.2. The maximum atomic E-state index is 12.1. The Morgan fingerprint density at radius 3 is 2.67 bits per heavy atom. The van der Waals surface area contributed by atoms with Crippen molar-refractivity contribution in [3.05, 3.63) is 11.4 Å². The van der Waals surface area contributed by atoms with Crippen LogP contribution in [0, 0.1) is 0 Å². The van der Waals surface area contributed by atoms with E-state index in [0.29, 0.717) is 23.0 Å². The van der Waals surface area contributed by atoms with Crippen LogP contribution in [-0.4, -0.2) is 32.9 Å². The Balaban J connectivity index is 2.36. The molecule has 2 heterocycles. The standard InChI is InChI=1S/C9H13NO3S2/c1-13-8-4-7-14-9(8)15(11,12)10-5-2-3-6-10/h4,7H,2-3,5-6H2,1H3. The molecule has 1 fully saturated rings. The van der Waals surface area contributed by atoms with Crippen molar-refractivity contribution in [2.75, 3.05) is 20.2 Å². The van der Waals surface area contributed by atoms with E-state index in [2.05, 4.69) is 0 Å². The van der Waals surface area contributed by atoms with Gasteiger partial charge in [-0.25, -0.2) is 8.42 Å². The summed E-state index contributed by atoms with van der Waals surface area (Å²) in [7, 11) is -1.82. The number of nitrogens with zero attached hydrogens (tertiary/aromatic N) is 1. The molecule has 15 heavy (non-hydrogen) atoms. The number of ether oxygens (including phenoxy) is 1. The van der Waals surface area contributed by atoms with E-state index in [4.69, 9.17) is 4.74 Å². The minimum absolute atomic E-state index is 0.326. The molecule has 0 unspecified atom stereocenters. The highest BCUT2D eigenvalue weighted by Gasteiger charge is 2.30. The largest absolute Gasteiger partial charge is 0.494 e. The average molecular weight is 247 g/mol. The number of rotatable bonds is 3. The van der Waals surface area contributed by atoms with E-state index in [-0.39, 0.29) is 0 Å². The first-order valence-electron chi connectivity index (χ1n) is 4.78. The van der Waals surface area contributed by atoms with Crippen LogP contribution in [0.3, 0.4) is 0 Å². The third kappa shape index (κ3) is 1.89. The molecule has 0 aromatic carbocycles. The maximum Gasteiger partial charge on any atom is 0.256 e. The third-order valence-electron chi connectivity index (χ3n) is 2.45. The predicted molar refractivity (Wildman–Crippen MR) is 58.9 cm³/mol. The fraction of sp³-hybridized carbons (Fsp3) is 0.556. The fourth-order valence-corrected chi connectivity index (χ4v) is 4.60. The highest BCUT2D eigenvalue weighted by molar-refractivity contribution is 7.91. The van der Waals surface area contributed by atoms with Crippen molar-refractivity contribution in [2.45, 2.75) is 17.1 Å². The van der Waals surface area contributed by atoms with Crippen molar-refractivity contribution in [3.8, 4) is 5.75 Å². The Hall–Kier alpha value is -0.590. The second-order valence-electron chi connectivity index (χ2n) is 3.39. The van der Waals surface area contributed by atoms with Crippen LogP contribution in [0.15, 0.2) is 15.7 Å². The second kappa shape index (κ2) is 4.11. The second-order valence-corrected chi connectivity index (χ2v) is 6.44. The molecule has 0 radical (unpaired) electrons. The average Bonchev–Trinajstić information content (AvgIpc) is 2.89. The van der Waals surface area contributed by atoms with Crippen molar-refractivity contribution in [1.82, 2.24) is 4.31 Å². The van der Waals surface area contributed by atoms with Gasteiger partial charge in [-0.05, 0) is 24.3 Å². The Morgan fingerprint density at radius 2 is 2.07 bits per heavy atom. The van der Waals surface area contributed by atoms with Crippen LogP contribution in [0.1, 0.15) is 12.8 Å². The van der Waals surface area contributed by atoms with E-state index in [1.54, 1.807) is 11.4 Å². The van der Waals surface area contributed by atoms with Crippen LogP contribution < -0.4 is 4.74 Å². The molecule has 1 aliphatic rings. The molecule has 6 heteroatoms. The van der Waals surface area contributed by atoms with Crippen LogP contribution in [0.4, 0.5) is 0 Å². The summed E-state index contributed by atoms with van der Waals surface area (Å²) < 4.78 is 31.2. The van der Waals surface area contributed by atoms with Gasteiger partial charge >= 0.3 is 0 Å². The van der Waals surface area contributed by atoms with Gasteiger partial charge < -0.3 is 4.74 Å². The Bertz CT molecular complexity index is 432. The van der Waals surface area contributed by atoms with Crippen molar-refractivity contribution >= 4 is 21.4 Å². The Labute approximate surface area is 93.5 Å². The lowest BCUT2D eigenvalue weighted by molar-refractivity contribution is 0.403. The van der Waals surface area contributed by atoms with Gasteiger partial charge in [0.1, 0.15) is 5.75 Å². The Kier molecular flexibility index (Phi) is 2.99. The summed E-state index contributed by atoms with van der Waals surface area (Å²) in [5.41, 5.74) is 0. The van der Waals surface area contributed by atoms with Crippen LogP contribution in [0.5, 0.6) is 5.75 Å². The van der Waals surface area contributed by atoms with Gasteiger partial charge in [0.25, 0.3) is 10.0 Å². The summed E-state index contributed by atoms with van der Waals surface area (Å²) in [5, 5.41) is 1.74. The van der Waals surface area contributed by atoms with E-state index >= 15 is 0 Å². The van der Waals surface area contributed by atoms with E-state index in [9.17, 15) is 8.42 Å². The first-order valence-corrected chi connectivity index (χ1v) is 7.10. The molecule has 1 aromatic heterocycles. The minimum atomic E-state index is -3.31. The van der Waals surface area contributed by atoms with Gasteiger partial charge in [0.15, 0.2) is 4.21 Å². The molecule has 1 aliphatic heterocycles. The first-order chi connectivity index (χ1) is 7.16. The zero-order chi connectivity index (χ0) is 10.9. The summed E-state index contributed by atoms with van der Waals surface area (Å²) in [6.45, 7) is 1.26. The predicted octanol–water partition coefficient (Wildman–Crippen LogP) is 1.54. The van der Waals surface area contributed by atoms with Gasteiger partial charge in [-0.3, -0.25) is 0 Å².